The summed E-state index contributed by atoms with van der Waals surface area (Å²) in [5.74, 6) is 3.02. The van der Waals surface area contributed by atoms with Crippen LogP contribution in [0.1, 0.15) is 97.0 Å². The van der Waals surface area contributed by atoms with Gasteiger partial charge in [0.05, 0.1) is 18.1 Å². The Morgan fingerprint density at radius 2 is 1.91 bits per heavy atom. The first kappa shape index (κ1) is 22.4. The van der Waals surface area contributed by atoms with Crippen LogP contribution in [-0.2, 0) is 5.60 Å². The molecule has 8 atom stereocenters. The van der Waals surface area contributed by atoms with Crippen LogP contribution in [0.15, 0.2) is 34.7 Å². The van der Waals surface area contributed by atoms with E-state index in [1.54, 1.807) is 18.1 Å². The van der Waals surface area contributed by atoms with Gasteiger partial charge >= 0.3 is 0 Å². The van der Waals surface area contributed by atoms with Crippen molar-refractivity contribution in [2.45, 2.75) is 103 Å². The zero-order valence-corrected chi connectivity index (χ0v) is 21.2. The molecule has 182 valence electrons. The Kier molecular flexibility index (Phi) is 5.42. The van der Waals surface area contributed by atoms with Crippen molar-refractivity contribution in [2.75, 3.05) is 13.1 Å². The van der Waals surface area contributed by atoms with E-state index in [9.17, 15) is 5.11 Å². The Hall–Kier alpha value is -1.06. The fourth-order valence-corrected chi connectivity index (χ4v) is 9.89. The van der Waals surface area contributed by atoms with Crippen molar-refractivity contribution in [2.24, 2.45) is 34.5 Å². The highest BCUT2D eigenvalue weighted by atomic mass is 16.3. The lowest BCUT2D eigenvalue weighted by molar-refractivity contribution is -0.129. The van der Waals surface area contributed by atoms with E-state index in [0.29, 0.717) is 11.3 Å². The van der Waals surface area contributed by atoms with Crippen LogP contribution in [-0.4, -0.2) is 29.1 Å². The second kappa shape index (κ2) is 7.98. The van der Waals surface area contributed by atoms with Crippen molar-refractivity contribution in [1.29, 1.82) is 0 Å². The van der Waals surface area contributed by atoms with Crippen LogP contribution in [0.25, 0.3) is 0 Å². The number of fused-ring (bicyclic) bond motifs is 5. The normalized spacial score (nSPS) is 46.4. The molecule has 1 aromatic heterocycles. The van der Waals surface area contributed by atoms with Crippen LogP contribution >= 0.6 is 0 Å². The fourth-order valence-electron chi connectivity index (χ4n) is 9.89. The van der Waals surface area contributed by atoms with E-state index in [1.807, 2.05) is 6.07 Å². The number of aliphatic hydroxyl groups is 1. The molecule has 1 aliphatic heterocycles. The Labute approximate surface area is 201 Å². The molecule has 0 amide bonds. The third-order valence-corrected chi connectivity index (χ3v) is 11.7. The lowest BCUT2D eigenvalue weighted by Crippen LogP contribution is -2.53. The summed E-state index contributed by atoms with van der Waals surface area (Å²) in [6.07, 6.45) is 20.2. The average Bonchev–Trinajstić information content (AvgIpc) is 3.55. The molecule has 0 radical (unpaired) electrons. The van der Waals surface area contributed by atoms with E-state index in [-0.39, 0.29) is 5.41 Å². The molecule has 1 aromatic rings. The number of allylic oxidation sites excluding steroid dienone is 2. The molecule has 6 rings (SSSR count). The predicted molar refractivity (Wildman–Crippen MR) is 133 cm³/mol. The van der Waals surface area contributed by atoms with Gasteiger partial charge in [-0.25, -0.2) is 0 Å². The van der Waals surface area contributed by atoms with Gasteiger partial charge in [-0.15, -0.1) is 0 Å². The number of hydrogen-bond donors (Lipinski definition) is 1. The first-order valence-corrected chi connectivity index (χ1v) is 14.0. The molecular formula is C30H45NO2. The van der Waals surface area contributed by atoms with Gasteiger partial charge in [0.2, 0.25) is 0 Å². The van der Waals surface area contributed by atoms with Crippen molar-refractivity contribution in [3.8, 4) is 0 Å². The smallest absolute Gasteiger partial charge is 0.0983 e. The Bertz CT molecular complexity index is 885. The van der Waals surface area contributed by atoms with Crippen LogP contribution in [0.2, 0.25) is 0 Å². The Balaban J connectivity index is 1.23. The standard InChI is InChI=1S/C30H45NO2/c1-21(31-15-4-5-16-31)18-22-6-7-23-8-9-25-26(28(23,2)19-22)10-13-29(3)27(25)11-14-30(29,32)24-12-17-33-20-24/h8,12,17,20-22,25-27,32H,4-7,9-11,13-16,18-19H2,1-3H3/t21?,22?,25-,26-,27+,28+,29+,30?/m1/s1. The zero-order chi connectivity index (χ0) is 22.8. The molecule has 3 unspecified atom stereocenters. The van der Waals surface area contributed by atoms with Gasteiger partial charge in [-0.2, -0.15) is 0 Å². The second-order valence-corrected chi connectivity index (χ2v) is 13.1. The third-order valence-electron chi connectivity index (χ3n) is 11.7. The van der Waals surface area contributed by atoms with Crippen molar-refractivity contribution in [3.63, 3.8) is 0 Å². The largest absolute Gasteiger partial charge is 0.472 e. The van der Waals surface area contributed by atoms with E-state index in [4.69, 9.17) is 4.42 Å². The summed E-state index contributed by atoms with van der Waals surface area (Å²) in [5, 5.41) is 12.0. The molecule has 33 heavy (non-hydrogen) atoms. The summed E-state index contributed by atoms with van der Waals surface area (Å²) in [4.78, 5) is 2.75. The van der Waals surface area contributed by atoms with Gasteiger partial charge in [-0.1, -0.05) is 25.5 Å². The number of hydrogen-bond acceptors (Lipinski definition) is 3. The molecule has 3 heteroatoms. The Morgan fingerprint density at radius 1 is 1.12 bits per heavy atom. The lowest BCUT2D eigenvalue weighted by Gasteiger charge is -2.59. The van der Waals surface area contributed by atoms with Crippen LogP contribution < -0.4 is 0 Å². The van der Waals surface area contributed by atoms with Crippen LogP contribution in [0.5, 0.6) is 0 Å². The Morgan fingerprint density at radius 3 is 2.67 bits per heavy atom. The highest BCUT2D eigenvalue weighted by Crippen LogP contribution is 2.69. The van der Waals surface area contributed by atoms with Crippen molar-refractivity contribution >= 4 is 0 Å². The maximum atomic E-state index is 12.0. The first-order valence-electron chi connectivity index (χ1n) is 14.0. The molecule has 2 heterocycles. The van der Waals surface area contributed by atoms with Crippen molar-refractivity contribution in [1.82, 2.24) is 4.90 Å². The van der Waals surface area contributed by atoms with E-state index in [0.717, 1.165) is 48.6 Å². The van der Waals surface area contributed by atoms with Crippen LogP contribution in [0.3, 0.4) is 0 Å². The van der Waals surface area contributed by atoms with Crippen molar-refractivity contribution < 1.29 is 9.52 Å². The topological polar surface area (TPSA) is 36.6 Å². The molecule has 3 saturated carbocycles. The maximum absolute atomic E-state index is 12.0. The maximum Gasteiger partial charge on any atom is 0.0983 e. The number of likely N-dealkylation sites (tertiary alicyclic amines) is 1. The minimum atomic E-state index is -0.721. The van der Waals surface area contributed by atoms with Gasteiger partial charge in [0.15, 0.2) is 0 Å². The second-order valence-electron chi connectivity index (χ2n) is 13.1. The summed E-state index contributed by atoms with van der Waals surface area (Å²) in [6, 6.07) is 2.76. The summed E-state index contributed by atoms with van der Waals surface area (Å²) >= 11 is 0. The van der Waals surface area contributed by atoms with Crippen LogP contribution in [0, 0.1) is 34.5 Å². The fraction of sp³-hybridized carbons (Fsp3) is 0.800. The summed E-state index contributed by atoms with van der Waals surface area (Å²) in [7, 11) is 0. The van der Waals surface area contributed by atoms with Gasteiger partial charge < -0.3 is 14.4 Å². The van der Waals surface area contributed by atoms with Gasteiger partial charge in [-0.3, -0.25) is 0 Å². The lowest BCUT2D eigenvalue weighted by atomic mass is 9.46. The van der Waals surface area contributed by atoms with Gasteiger partial charge in [0.25, 0.3) is 0 Å². The van der Waals surface area contributed by atoms with Gasteiger partial charge in [0.1, 0.15) is 0 Å². The highest BCUT2D eigenvalue weighted by Gasteiger charge is 2.64. The number of rotatable bonds is 4. The van der Waals surface area contributed by atoms with E-state index < -0.39 is 5.60 Å². The molecule has 3 nitrogen and oxygen atoms in total. The summed E-state index contributed by atoms with van der Waals surface area (Å²) in [6.45, 7) is 10.2. The molecule has 1 saturated heterocycles. The first-order chi connectivity index (χ1) is 15.8. The van der Waals surface area contributed by atoms with Gasteiger partial charge in [0, 0.05) is 17.0 Å². The minimum Gasteiger partial charge on any atom is -0.472 e. The zero-order valence-electron chi connectivity index (χ0n) is 21.2. The molecular weight excluding hydrogens is 406 g/mol. The van der Waals surface area contributed by atoms with Crippen molar-refractivity contribution in [3.05, 3.63) is 35.8 Å². The van der Waals surface area contributed by atoms with E-state index >= 15 is 0 Å². The SMILES string of the molecule is CC(CC1CCC2=CC[C@@H]3[C@@H](CC[C@@]4(C)[C@H]3CCC4(O)c3ccoc3)[C@@]2(C)C1)N1CCCC1. The quantitative estimate of drug-likeness (QED) is 0.505. The highest BCUT2D eigenvalue weighted by molar-refractivity contribution is 5.29. The van der Waals surface area contributed by atoms with Crippen LogP contribution in [0.4, 0.5) is 0 Å². The van der Waals surface area contributed by atoms with E-state index in [2.05, 4.69) is 31.7 Å². The van der Waals surface area contributed by atoms with E-state index in [1.165, 1.54) is 64.5 Å². The summed E-state index contributed by atoms with van der Waals surface area (Å²) in [5.41, 5.74) is 2.44. The molecule has 5 aliphatic rings. The third kappa shape index (κ3) is 3.28. The average molecular weight is 452 g/mol. The molecule has 4 aliphatic carbocycles. The molecule has 0 aromatic carbocycles. The molecule has 0 bridgehead atoms. The monoisotopic (exact) mass is 451 g/mol. The summed E-state index contributed by atoms with van der Waals surface area (Å²) < 4.78 is 5.42. The molecule has 1 N–H and O–H groups in total. The predicted octanol–water partition coefficient (Wildman–Crippen LogP) is 6.92. The minimum absolute atomic E-state index is 0.0297. The molecule has 4 fully saturated rings. The van der Waals surface area contributed by atoms with Gasteiger partial charge in [-0.05, 0) is 126 Å². The molecule has 0 spiro atoms. The number of furan rings is 1. The number of nitrogens with zero attached hydrogens (tertiary/aromatic N) is 1.